The number of hydrogen-bond acceptors (Lipinski definition) is 6. The van der Waals surface area contributed by atoms with Gasteiger partial charge in [-0.1, -0.05) is 18.2 Å². The summed E-state index contributed by atoms with van der Waals surface area (Å²) < 4.78 is 47.6. The summed E-state index contributed by atoms with van der Waals surface area (Å²) in [5.74, 6) is -0.366. The van der Waals surface area contributed by atoms with E-state index in [4.69, 9.17) is 4.74 Å². The Kier molecular flexibility index (Phi) is 7.28. The van der Waals surface area contributed by atoms with E-state index in [1.807, 2.05) is 0 Å². The summed E-state index contributed by atoms with van der Waals surface area (Å²) in [7, 11) is 0. The quantitative estimate of drug-likeness (QED) is 0.370. The van der Waals surface area contributed by atoms with Gasteiger partial charge in [0.15, 0.2) is 5.75 Å². The van der Waals surface area contributed by atoms with Gasteiger partial charge >= 0.3 is 11.9 Å². The third kappa shape index (κ3) is 7.04. The molecule has 1 amide bonds. The van der Waals surface area contributed by atoms with Gasteiger partial charge in [-0.25, -0.2) is 4.68 Å². The van der Waals surface area contributed by atoms with Crippen molar-refractivity contribution in [3.05, 3.63) is 81.7 Å². The molecule has 33 heavy (non-hydrogen) atoms. The molecule has 0 atom stereocenters. The number of nitrogens with one attached hydrogen (secondary N) is 1. The van der Waals surface area contributed by atoms with Crippen molar-refractivity contribution in [3.8, 4) is 5.75 Å². The van der Waals surface area contributed by atoms with E-state index >= 15 is 0 Å². The van der Waals surface area contributed by atoms with Crippen molar-refractivity contribution >= 4 is 17.3 Å². The molecule has 0 saturated heterocycles. The highest BCUT2D eigenvalue weighted by Crippen LogP contribution is 2.28. The van der Waals surface area contributed by atoms with Crippen LogP contribution >= 0.6 is 0 Å². The number of carbonyl (C=O) groups is 1. The molecule has 2 aromatic carbocycles. The second-order valence-electron chi connectivity index (χ2n) is 7.03. The van der Waals surface area contributed by atoms with E-state index in [-0.39, 0.29) is 29.3 Å². The first-order valence-electron chi connectivity index (χ1n) is 9.56. The van der Waals surface area contributed by atoms with Gasteiger partial charge in [-0.15, -0.1) is 0 Å². The Hall–Kier alpha value is -3.93. The molecule has 0 aliphatic rings. The predicted octanol–water partition coefficient (Wildman–Crippen LogP) is 4.47. The van der Waals surface area contributed by atoms with Crippen molar-refractivity contribution in [2.24, 2.45) is 0 Å². The molecule has 0 spiro atoms. The molecule has 1 aromatic heterocycles. The predicted molar refractivity (Wildman–Crippen MR) is 111 cm³/mol. The zero-order valence-electron chi connectivity index (χ0n) is 17.3. The maximum atomic E-state index is 12.5. The summed E-state index contributed by atoms with van der Waals surface area (Å²) in [5, 5.41) is 17.6. The van der Waals surface area contributed by atoms with Gasteiger partial charge in [0.05, 0.1) is 23.0 Å². The van der Waals surface area contributed by atoms with Crippen LogP contribution in [0.1, 0.15) is 21.5 Å². The van der Waals surface area contributed by atoms with Crippen molar-refractivity contribution in [1.29, 1.82) is 0 Å². The van der Waals surface area contributed by atoms with Gasteiger partial charge in [-0.05, 0) is 36.2 Å². The van der Waals surface area contributed by atoms with Gasteiger partial charge in [0.1, 0.15) is 19.9 Å². The number of carbonyl (C=O) groups excluding carboxylic acids is 1. The van der Waals surface area contributed by atoms with Crippen LogP contribution in [0, 0.1) is 17.0 Å². The minimum absolute atomic E-state index is 0.000498. The molecule has 1 N–H and O–H groups in total. The molecule has 174 valence electrons. The minimum Gasteiger partial charge on any atom is -0.482 e. The number of hydrogen-bond donors (Lipinski definition) is 1. The lowest BCUT2D eigenvalue weighted by Gasteiger charge is -2.09. The van der Waals surface area contributed by atoms with Crippen LogP contribution in [0.2, 0.25) is 0 Å². The number of amides is 1. The fourth-order valence-corrected chi connectivity index (χ4v) is 2.81. The summed E-state index contributed by atoms with van der Waals surface area (Å²) >= 11 is 0. The topological polar surface area (TPSA) is 109 Å². The third-order valence-corrected chi connectivity index (χ3v) is 4.28. The number of nitro groups is 1. The first kappa shape index (κ1) is 23.7. The largest absolute Gasteiger partial charge is 0.482 e. The van der Waals surface area contributed by atoms with Gasteiger partial charge in [0, 0.05) is 11.6 Å². The molecule has 0 aliphatic carbocycles. The maximum Gasteiger partial charge on any atom is 0.411 e. The average molecular weight is 464 g/mol. The van der Waals surface area contributed by atoms with Crippen LogP contribution in [0.5, 0.6) is 5.75 Å². The van der Waals surface area contributed by atoms with E-state index in [0.717, 1.165) is 10.2 Å². The van der Waals surface area contributed by atoms with Crippen molar-refractivity contribution < 1.29 is 32.4 Å². The monoisotopic (exact) mass is 464 g/mol. The summed E-state index contributed by atoms with van der Waals surface area (Å²) in [6.45, 7) is -0.0971. The maximum absolute atomic E-state index is 12.5. The first-order valence-corrected chi connectivity index (χ1v) is 9.56. The van der Waals surface area contributed by atoms with Crippen molar-refractivity contribution in [2.45, 2.75) is 26.4 Å². The molecule has 0 unspecified atom stereocenters. The fraction of sp³-hybridized carbons (Fsp3) is 0.238. The van der Waals surface area contributed by atoms with E-state index in [9.17, 15) is 28.1 Å². The summed E-state index contributed by atoms with van der Waals surface area (Å²) in [5.41, 5.74) is 1.74. The highest BCUT2D eigenvalue weighted by molar-refractivity contribution is 6.04. The molecule has 0 bridgehead atoms. The van der Waals surface area contributed by atoms with E-state index in [1.165, 1.54) is 24.5 Å². The lowest BCUT2D eigenvalue weighted by Crippen LogP contribution is -2.18. The van der Waals surface area contributed by atoms with Gasteiger partial charge in [-0.3, -0.25) is 14.9 Å². The van der Waals surface area contributed by atoms with Crippen molar-refractivity contribution in [1.82, 2.24) is 9.78 Å². The van der Waals surface area contributed by atoms with Crippen LogP contribution in [0.4, 0.5) is 24.5 Å². The van der Waals surface area contributed by atoms with E-state index in [0.29, 0.717) is 5.56 Å². The summed E-state index contributed by atoms with van der Waals surface area (Å²) in [4.78, 5) is 23.2. The second-order valence-corrected chi connectivity index (χ2v) is 7.03. The van der Waals surface area contributed by atoms with Gasteiger partial charge < -0.3 is 14.8 Å². The molecule has 3 rings (SSSR count). The summed E-state index contributed by atoms with van der Waals surface area (Å²) in [6.07, 6.45) is -1.83. The van der Waals surface area contributed by atoms with Gasteiger partial charge in [-0.2, -0.15) is 18.3 Å². The van der Waals surface area contributed by atoms with E-state index in [2.05, 4.69) is 15.2 Å². The van der Waals surface area contributed by atoms with Crippen LogP contribution in [-0.4, -0.2) is 33.4 Å². The number of anilines is 1. The number of aryl methyl sites for hydroxylation is 1. The Morgan fingerprint density at radius 1 is 1.24 bits per heavy atom. The number of aromatic nitrogens is 2. The number of halogens is 3. The Labute approximate surface area is 185 Å². The molecular formula is C21H19F3N4O5. The summed E-state index contributed by atoms with van der Waals surface area (Å²) in [6, 6.07) is 11.1. The second kappa shape index (κ2) is 10.1. The SMILES string of the molecule is Cc1ccc(OCc2cccc(C(=O)Nc3cnn(COCC(F)(F)F)c3)c2)c([N+](=O)[O-])c1. The standard InChI is InChI=1S/C21H19F3N4O5/c1-14-5-6-19(18(7-14)28(30)31)33-11-15-3-2-4-16(8-15)20(29)26-17-9-25-27(10-17)13-32-12-21(22,23)24/h2-10H,11-13H2,1H3,(H,26,29). The molecule has 0 fully saturated rings. The average Bonchev–Trinajstić information content (AvgIpc) is 3.19. The molecule has 0 aliphatic heterocycles. The van der Waals surface area contributed by atoms with Crippen LogP contribution < -0.4 is 10.1 Å². The lowest BCUT2D eigenvalue weighted by atomic mass is 10.1. The smallest absolute Gasteiger partial charge is 0.411 e. The van der Waals surface area contributed by atoms with Gasteiger partial charge in [0.25, 0.3) is 5.91 Å². The highest BCUT2D eigenvalue weighted by Gasteiger charge is 2.27. The van der Waals surface area contributed by atoms with E-state index < -0.39 is 30.3 Å². The van der Waals surface area contributed by atoms with Gasteiger partial charge in [0.2, 0.25) is 0 Å². The number of nitro benzene ring substituents is 1. The zero-order valence-corrected chi connectivity index (χ0v) is 17.3. The van der Waals surface area contributed by atoms with Crippen LogP contribution in [0.15, 0.2) is 54.9 Å². The molecule has 9 nitrogen and oxygen atoms in total. The lowest BCUT2D eigenvalue weighted by molar-refractivity contribution is -0.386. The molecular weight excluding hydrogens is 445 g/mol. The molecule has 1 heterocycles. The Morgan fingerprint density at radius 3 is 2.76 bits per heavy atom. The van der Waals surface area contributed by atoms with Crippen molar-refractivity contribution in [2.75, 3.05) is 11.9 Å². The number of rotatable bonds is 9. The zero-order chi connectivity index (χ0) is 24.0. The highest BCUT2D eigenvalue weighted by atomic mass is 19.4. The third-order valence-electron chi connectivity index (χ3n) is 4.28. The Bertz CT molecular complexity index is 1150. The molecule has 3 aromatic rings. The fourth-order valence-electron chi connectivity index (χ4n) is 2.81. The molecule has 0 saturated carbocycles. The first-order chi connectivity index (χ1) is 15.6. The number of ether oxygens (including phenoxy) is 2. The number of alkyl halides is 3. The molecule has 12 heteroatoms. The number of nitrogens with zero attached hydrogens (tertiary/aromatic N) is 3. The van der Waals surface area contributed by atoms with Crippen LogP contribution in [-0.2, 0) is 18.1 Å². The Balaban J connectivity index is 1.60. The van der Waals surface area contributed by atoms with E-state index in [1.54, 1.807) is 37.3 Å². The normalized spacial score (nSPS) is 11.3. The minimum atomic E-state index is -4.44. The van der Waals surface area contributed by atoms with Crippen LogP contribution in [0.25, 0.3) is 0 Å². The number of benzene rings is 2. The van der Waals surface area contributed by atoms with Crippen LogP contribution in [0.3, 0.4) is 0 Å². The molecule has 0 radical (unpaired) electrons. The Morgan fingerprint density at radius 2 is 2.03 bits per heavy atom. The van der Waals surface area contributed by atoms with Crippen molar-refractivity contribution in [3.63, 3.8) is 0 Å².